The highest BCUT2D eigenvalue weighted by atomic mass is 16.5. The van der Waals surface area contributed by atoms with Crippen LogP contribution in [0.4, 0.5) is 16.3 Å². The van der Waals surface area contributed by atoms with Crippen molar-refractivity contribution >= 4 is 23.4 Å². The largest absolute Gasteiger partial charge is 0.497 e. The van der Waals surface area contributed by atoms with Crippen molar-refractivity contribution in [2.75, 3.05) is 30.8 Å². The molecule has 8 heteroatoms. The first-order valence-corrected chi connectivity index (χ1v) is 12.3. The number of hydrogen-bond acceptors (Lipinski definition) is 4. The maximum atomic E-state index is 13.1. The molecule has 8 nitrogen and oxygen atoms in total. The molecule has 0 aliphatic carbocycles. The van der Waals surface area contributed by atoms with Gasteiger partial charge in [0.25, 0.3) is 0 Å². The molecule has 3 amide bonds. The number of aryl methyl sites for hydroxylation is 1. The summed E-state index contributed by atoms with van der Waals surface area (Å²) in [7, 11) is 1.59. The highest BCUT2D eigenvalue weighted by Gasteiger charge is 2.23. The minimum atomic E-state index is -0.328. The van der Waals surface area contributed by atoms with Gasteiger partial charge in [0, 0.05) is 23.7 Å². The van der Waals surface area contributed by atoms with Crippen molar-refractivity contribution < 1.29 is 14.3 Å². The van der Waals surface area contributed by atoms with Gasteiger partial charge >= 0.3 is 6.03 Å². The summed E-state index contributed by atoms with van der Waals surface area (Å²) in [5.41, 5.74) is 3.29. The van der Waals surface area contributed by atoms with Gasteiger partial charge in [-0.15, -0.1) is 0 Å². The Morgan fingerprint density at radius 1 is 1.03 bits per heavy atom. The summed E-state index contributed by atoms with van der Waals surface area (Å²) in [5, 5.41) is 10.6. The number of carbonyl (C=O) groups excluding carboxylic acids is 2. The highest BCUT2D eigenvalue weighted by molar-refractivity contribution is 5.96. The van der Waals surface area contributed by atoms with Crippen LogP contribution in [0.15, 0.2) is 54.6 Å². The molecule has 0 atom stereocenters. The van der Waals surface area contributed by atoms with Gasteiger partial charge in [-0.25, -0.2) is 9.48 Å². The van der Waals surface area contributed by atoms with Gasteiger partial charge in [0.05, 0.1) is 18.5 Å². The normalized spacial score (nSPS) is 11.2. The van der Waals surface area contributed by atoms with Crippen LogP contribution in [-0.4, -0.2) is 46.8 Å². The molecular weight excluding hydrogens is 454 g/mol. The summed E-state index contributed by atoms with van der Waals surface area (Å²) in [6.07, 6.45) is 1.70. The first-order chi connectivity index (χ1) is 17.1. The van der Waals surface area contributed by atoms with Crippen molar-refractivity contribution in [2.45, 2.75) is 52.9 Å². The average Bonchev–Trinajstić information content (AvgIpc) is 3.27. The Balaban J connectivity index is 1.78. The Morgan fingerprint density at radius 2 is 1.69 bits per heavy atom. The van der Waals surface area contributed by atoms with E-state index in [0.29, 0.717) is 23.8 Å². The molecule has 192 valence electrons. The van der Waals surface area contributed by atoms with E-state index >= 15 is 0 Å². The molecule has 0 aliphatic rings. The number of nitrogens with zero attached hydrogens (tertiary/aromatic N) is 3. The predicted molar refractivity (Wildman–Crippen MR) is 144 cm³/mol. The molecule has 3 aromatic rings. The van der Waals surface area contributed by atoms with Crippen LogP contribution < -0.4 is 15.4 Å². The van der Waals surface area contributed by atoms with Crippen LogP contribution in [0, 0.1) is 6.92 Å². The summed E-state index contributed by atoms with van der Waals surface area (Å²) < 4.78 is 6.91. The number of ether oxygens (including phenoxy) is 1. The summed E-state index contributed by atoms with van der Waals surface area (Å²) in [6.45, 7) is 10.7. The Hall–Kier alpha value is -3.81. The molecule has 1 heterocycles. The maximum Gasteiger partial charge on any atom is 0.322 e. The molecule has 0 aliphatic heterocycles. The van der Waals surface area contributed by atoms with Gasteiger partial charge < -0.3 is 20.3 Å². The number of hydrogen-bond donors (Lipinski definition) is 2. The van der Waals surface area contributed by atoms with E-state index in [0.717, 1.165) is 29.8 Å². The molecule has 0 fully saturated rings. The zero-order valence-electron chi connectivity index (χ0n) is 22.1. The van der Waals surface area contributed by atoms with E-state index < -0.39 is 0 Å². The van der Waals surface area contributed by atoms with Gasteiger partial charge in [-0.2, -0.15) is 5.10 Å². The number of anilines is 2. The molecule has 0 radical (unpaired) electrons. The highest BCUT2D eigenvalue weighted by Crippen LogP contribution is 2.26. The van der Waals surface area contributed by atoms with Crippen molar-refractivity contribution in [2.24, 2.45) is 0 Å². The Bertz CT molecular complexity index is 1160. The fourth-order valence-corrected chi connectivity index (χ4v) is 3.55. The lowest BCUT2D eigenvalue weighted by molar-refractivity contribution is -0.116. The third-order valence-electron chi connectivity index (χ3n) is 5.77. The van der Waals surface area contributed by atoms with Gasteiger partial charge in [0.2, 0.25) is 5.91 Å². The number of nitrogens with one attached hydrogen (secondary N) is 2. The maximum absolute atomic E-state index is 13.1. The molecule has 2 aromatic carbocycles. The first-order valence-electron chi connectivity index (χ1n) is 12.3. The zero-order valence-corrected chi connectivity index (χ0v) is 22.1. The number of carbonyl (C=O) groups is 2. The van der Waals surface area contributed by atoms with Crippen LogP contribution in [0.5, 0.6) is 5.75 Å². The summed E-state index contributed by atoms with van der Waals surface area (Å²) in [6, 6.07) is 16.6. The van der Waals surface area contributed by atoms with Crippen molar-refractivity contribution in [1.29, 1.82) is 0 Å². The van der Waals surface area contributed by atoms with Crippen molar-refractivity contribution in [3.05, 3.63) is 65.9 Å². The number of rotatable bonds is 9. The van der Waals surface area contributed by atoms with Crippen LogP contribution in [-0.2, 0) is 10.2 Å². The van der Waals surface area contributed by atoms with Crippen LogP contribution in [0.3, 0.4) is 0 Å². The SMILES string of the molecule is CCCCN(CC(=O)Nc1cc(C(C)(C)C)nn1-c1ccc(C)cc1)C(=O)Nc1ccc(OC)cc1. The van der Waals surface area contributed by atoms with Crippen molar-refractivity contribution in [3.8, 4) is 11.4 Å². The molecule has 3 rings (SSSR count). The minimum absolute atomic E-state index is 0.0775. The first kappa shape index (κ1) is 26.8. The van der Waals surface area contributed by atoms with Gasteiger partial charge in [-0.1, -0.05) is 51.8 Å². The average molecular weight is 492 g/mol. The second-order valence-corrected chi connectivity index (χ2v) is 9.89. The second-order valence-electron chi connectivity index (χ2n) is 9.89. The number of methoxy groups -OCH3 is 1. The lowest BCUT2D eigenvalue weighted by Crippen LogP contribution is -2.41. The van der Waals surface area contributed by atoms with Crippen molar-refractivity contribution in [1.82, 2.24) is 14.7 Å². The van der Waals surface area contributed by atoms with Gasteiger partial charge in [0.15, 0.2) is 0 Å². The molecule has 36 heavy (non-hydrogen) atoms. The smallest absolute Gasteiger partial charge is 0.322 e. The topological polar surface area (TPSA) is 88.5 Å². The predicted octanol–water partition coefficient (Wildman–Crippen LogP) is 5.76. The van der Waals surface area contributed by atoms with E-state index in [1.54, 1.807) is 36.1 Å². The van der Waals surface area contributed by atoms with Crippen molar-refractivity contribution in [3.63, 3.8) is 0 Å². The number of benzene rings is 2. The standard InChI is InChI=1S/C28H37N5O3/c1-7-8-17-32(27(35)29-21-11-15-23(36-6)16-12-21)19-26(34)30-25-18-24(28(3,4)5)31-33(25)22-13-9-20(2)10-14-22/h9-16,18H,7-8,17,19H2,1-6H3,(H,29,35)(H,30,34). The summed E-state index contributed by atoms with van der Waals surface area (Å²) in [5.74, 6) is 0.986. The lowest BCUT2D eigenvalue weighted by Gasteiger charge is -2.22. The fourth-order valence-electron chi connectivity index (χ4n) is 3.55. The number of urea groups is 1. The zero-order chi connectivity index (χ0) is 26.3. The van der Waals surface area contributed by atoms with Crippen LogP contribution in [0.1, 0.15) is 51.8 Å². The van der Waals surface area contributed by atoms with Gasteiger partial charge in [-0.3, -0.25) is 4.79 Å². The summed E-state index contributed by atoms with van der Waals surface area (Å²) >= 11 is 0. The number of aromatic nitrogens is 2. The third-order valence-corrected chi connectivity index (χ3v) is 5.77. The van der Waals surface area contributed by atoms with Gasteiger partial charge in [-0.05, 0) is 49.7 Å². The fraction of sp³-hybridized carbons (Fsp3) is 0.393. The molecule has 2 N–H and O–H groups in total. The lowest BCUT2D eigenvalue weighted by atomic mass is 9.92. The Kier molecular flexibility index (Phi) is 8.74. The monoisotopic (exact) mass is 491 g/mol. The van der Waals surface area contributed by atoms with Crippen LogP contribution >= 0.6 is 0 Å². The Morgan fingerprint density at radius 3 is 2.28 bits per heavy atom. The summed E-state index contributed by atoms with van der Waals surface area (Å²) in [4.78, 5) is 27.7. The van der Waals surface area contributed by atoms with E-state index in [1.165, 1.54) is 4.90 Å². The molecule has 0 saturated carbocycles. The molecular formula is C28H37N5O3. The van der Waals surface area contributed by atoms with E-state index in [9.17, 15) is 9.59 Å². The quantitative estimate of drug-likeness (QED) is 0.398. The third kappa shape index (κ3) is 7.10. The van der Waals surface area contributed by atoms with E-state index in [4.69, 9.17) is 9.84 Å². The second kappa shape index (κ2) is 11.7. The number of unbranched alkanes of at least 4 members (excludes halogenated alkanes) is 1. The molecule has 0 saturated heterocycles. The van der Waals surface area contributed by atoms with E-state index in [1.807, 2.05) is 44.2 Å². The van der Waals surface area contributed by atoms with E-state index in [2.05, 4.69) is 31.4 Å². The van der Waals surface area contributed by atoms with E-state index in [-0.39, 0.29) is 23.9 Å². The van der Waals surface area contributed by atoms with Gasteiger partial charge in [0.1, 0.15) is 18.1 Å². The molecule has 0 spiro atoms. The molecule has 1 aromatic heterocycles. The molecule has 0 bridgehead atoms. The minimum Gasteiger partial charge on any atom is -0.497 e. The Labute approximate surface area is 213 Å². The number of amides is 3. The molecule has 0 unspecified atom stereocenters. The van der Waals surface area contributed by atoms with Crippen LogP contribution in [0.25, 0.3) is 5.69 Å². The van der Waals surface area contributed by atoms with Crippen LogP contribution in [0.2, 0.25) is 0 Å².